The third-order valence-electron chi connectivity index (χ3n) is 5.13. The van der Waals surface area contributed by atoms with Gasteiger partial charge in [0.1, 0.15) is 0 Å². The van der Waals surface area contributed by atoms with E-state index in [1.807, 2.05) is 0 Å². The summed E-state index contributed by atoms with van der Waals surface area (Å²) in [6.07, 6.45) is 5.64. The fraction of sp³-hybridized carbons (Fsp3) is 0.941. The van der Waals surface area contributed by atoms with Crippen LogP contribution >= 0.6 is 0 Å². The quantitative estimate of drug-likeness (QED) is 0.839. The maximum Gasteiger partial charge on any atom is 0.226 e. The number of hydrogen-bond acceptors (Lipinski definition) is 2. The number of carbonyl (C=O) groups is 1. The van der Waals surface area contributed by atoms with Crippen molar-refractivity contribution < 1.29 is 4.79 Å². The summed E-state index contributed by atoms with van der Waals surface area (Å²) in [4.78, 5) is 14.7. The highest BCUT2D eigenvalue weighted by molar-refractivity contribution is 5.79. The van der Waals surface area contributed by atoms with Crippen molar-refractivity contribution in [1.29, 1.82) is 0 Å². The largest absolute Gasteiger partial charge is 0.342 e. The lowest BCUT2D eigenvalue weighted by atomic mass is 9.74. The molecule has 118 valence electrons. The maximum absolute atomic E-state index is 12.6. The van der Waals surface area contributed by atoms with Crippen LogP contribution in [0.3, 0.4) is 0 Å². The zero-order chi connectivity index (χ0) is 15.4. The van der Waals surface area contributed by atoms with E-state index in [0.29, 0.717) is 12.0 Å². The summed E-state index contributed by atoms with van der Waals surface area (Å²) in [7, 11) is 0. The van der Waals surface area contributed by atoms with Crippen LogP contribution in [-0.4, -0.2) is 30.4 Å². The maximum atomic E-state index is 12.6. The van der Waals surface area contributed by atoms with Crippen molar-refractivity contribution in [2.75, 3.05) is 19.6 Å². The number of hydrogen-bond donors (Lipinski definition) is 1. The van der Waals surface area contributed by atoms with Crippen LogP contribution in [-0.2, 0) is 4.79 Å². The fourth-order valence-corrected chi connectivity index (χ4v) is 3.43. The van der Waals surface area contributed by atoms with Crippen LogP contribution in [0, 0.1) is 16.7 Å². The van der Waals surface area contributed by atoms with Gasteiger partial charge in [-0.2, -0.15) is 0 Å². The fourth-order valence-electron chi connectivity index (χ4n) is 3.43. The van der Waals surface area contributed by atoms with Gasteiger partial charge in [0.2, 0.25) is 5.91 Å². The van der Waals surface area contributed by atoms with Crippen molar-refractivity contribution in [3.8, 4) is 0 Å². The number of nitrogens with zero attached hydrogens (tertiary/aromatic N) is 1. The average Bonchev–Trinajstić information content (AvgIpc) is 2.43. The first-order chi connectivity index (χ1) is 9.27. The van der Waals surface area contributed by atoms with Gasteiger partial charge in [-0.1, -0.05) is 47.5 Å². The predicted octanol–water partition coefficient (Wildman–Crippen LogP) is 3.43. The molecule has 3 heteroatoms. The average molecular weight is 282 g/mol. The van der Waals surface area contributed by atoms with E-state index >= 15 is 0 Å². The van der Waals surface area contributed by atoms with Crippen LogP contribution < -0.4 is 5.73 Å². The van der Waals surface area contributed by atoms with E-state index in [4.69, 9.17) is 5.73 Å². The first-order valence-electron chi connectivity index (χ1n) is 8.26. The van der Waals surface area contributed by atoms with Gasteiger partial charge in [0.25, 0.3) is 0 Å². The smallest absolute Gasteiger partial charge is 0.226 e. The molecule has 1 fully saturated rings. The van der Waals surface area contributed by atoms with Crippen LogP contribution in [0.25, 0.3) is 0 Å². The molecular weight excluding hydrogens is 248 g/mol. The van der Waals surface area contributed by atoms with E-state index in [1.54, 1.807) is 0 Å². The Hall–Kier alpha value is -0.570. The minimum absolute atomic E-state index is 0.00856. The summed E-state index contributed by atoms with van der Waals surface area (Å²) >= 11 is 0. The minimum Gasteiger partial charge on any atom is -0.342 e. The molecule has 1 aliphatic heterocycles. The zero-order valence-corrected chi connectivity index (χ0v) is 14.2. The molecule has 1 rings (SSSR count). The van der Waals surface area contributed by atoms with Gasteiger partial charge in [0.15, 0.2) is 0 Å². The number of piperidine rings is 1. The van der Waals surface area contributed by atoms with Gasteiger partial charge in [-0.15, -0.1) is 0 Å². The van der Waals surface area contributed by atoms with E-state index in [-0.39, 0.29) is 17.2 Å². The van der Waals surface area contributed by atoms with Gasteiger partial charge >= 0.3 is 0 Å². The van der Waals surface area contributed by atoms with Crippen LogP contribution in [0.15, 0.2) is 0 Å². The lowest BCUT2D eigenvalue weighted by Gasteiger charge is -2.42. The van der Waals surface area contributed by atoms with Crippen LogP contribution in [0.1, 0.15) is 66.7 Å². The molecule has 2 N–H and O–H groups in total. The molecule has 3 nitrogen and oxygen atoms in total. The van der Waals surface area contributed by atoms with Gasteiger partial charge in [0.05, 0.1) is 5.92 Å². The Labute approximate surface area is 125 Å². The van der Waals surface area contributed by atoms with E-state index in [9.17, 15) is 4.79 Å². The molecule has 1 heterocycles. The molecule has 0 aromatic rings. The summed E-state index contributed by atoms with van der Waals surface area (Å²) in [5, 5.41) is 0. The second-order valence-electron chi connectivity index (χ2n) is 7.73. The third kappa shape index (κ3) is 4.47. The molecule has 0 spiro atoms. The summed E-state index contributed by atoms with van der Waals surface area (Å²) in [5.41, 5.74) is 6.48. The van der Waals surface area contributed by atoms with Gasteiger partial charge in [-0.25, -0.2) is 0 Å². The Morgan fingerprint density at radius 3 is 2.05 bits per heavy atom. The van der Waals surface area contributed by atoms with Crippen molar-refractivity contribution in [1.82, 2.24) is 4.90 Å². The Bertz CT molecular complexity index is 305. The Kier molecular flexibility index (Phi) is 6.06. The van der Waals surface area contributed by atoms with Crippen molar-refractivity contribution in [2.45, 2.75) is 66.7 Å². The van der Waals surface area contributed by atoms with Gasteiger partial charge in [-0.3, -0.25) is 4.79 Å². The molecule has 0 aromatic heterocycles. The summed E-state index contributed by atoms with van der Waals surface area (Å²) in [6, 6.07) is 0. The monoisotopic (exact) mass is 282 g/mol. The minimum atomic E-state index is -0.00856. The molecule has 0 saturated carbocycles. The second kappa shape index (κ2) is 6.93. The van der Waals surface area contributed by atoms with E-state index in [0.717, 1.165) is 32.4 Å². The van der Waals surface area contributed by atoms with Crippen molar-refractivity contribution >= 4 is 5.91 Å². The normalized spacial score (nSPS) is 20.8. The second-order valence-corrected chi connectivity index (χ2v) is 7.73. The molecule has 1 aliphatic rings. The molecule has 1 atom stereocenters. The molecule has 0 aromatic carbocycles. The molecule has 1 unspecified atom stereocenters. The van der Waals surface area contributed by atoms with Crippen molar-refractivity contribution in [2.24, 2.45) is 22.5 Å². The summed E-state index contributed by atoms with van der Waals surface area (Å²) in [6.45, 7) is 13.4. The highest BCUT2D eigenvalue weighted by Crippen LogP contribution is 2.38. The molecule has 0 aliphatic carbocycles. The predicted molar refractivity (Wildman–Crippen MR) is 85.4 cm³/mol. The molecule has 0 bridgehead atoms. The van der Waals surface area contributed by atoms with Crippen LogP contribution in [0.2, 0.25) is 0 Å². The van der Waals surface area contributed by atoms with Gasteiger partial charge in [0, 0.05) is 19.6 Å². The number of amides is 1. The van der Waals surface area contributed by atoms with Crippen molar-refractivity contribution in [3.63, 3.8) is 0 Å². The van der Waals surface area contributed by atoms with Gasteiger partial charge < -0.3 is 10.6 Å². The SMILES string of the molecule is CCC1(CC)CCN(C(=O)C(CN)CC(C)(C)C)CC1. The first kappa shape index (κ1) is 17.5. The van der Waals surface area contributed by atoms with Gasteiger partial charge in [-0.05, 0) is 30.1 Å². The van der Waals surface area contributed by atoms with Crippen molar-refractivity contribution in [3.05, 3.63) is 0 Å². The molecular formula is C17H34N2O. The zero-order valence-electron chi connectivity index (χ0n) is 14.2. The molecule has 1 amide bonds. The lowest BCUT2D eigenvalue weighted by molar-refractivity contribution is -0.138. The van der Waals surface area contributed by atoms with Crippen LogP contribution in [0.4, 0.5) is 0 Å². The summed E-state index contributed by atoms with van der Waals surface area (Å²) < 4.78 is 0. The summed E-state index contributed by atoms with van der Waals surface area (Å²) in [5.74, 6) is 0.272. The van der Waals surface area contributed by atoms with E-state index in [2.05, 4.69) is 39.5 Å². The van der Waals surface area contributed by atoms with E-state index < -0.39 is 0 Å². The molecule has 0 radical (unpaired) electrons. The highest BCUT2D eigenvalue weighted by atomic mass is 16.2. The number of nitrogens with two attached hydrogens (primary N) is 1. The molecule has 1 saturated heterocycles. The Morgan fingerprint density at radius 1 is 1.20 bits per heavy atom. The first-order valence-corrected chi connectivity index (χ1v) is 8.26. The van der Waals surface area contributed by atoms with Crippen LogP contribution in [0.5, 0.6) is 0 Å². The number of likely N-dealkylation sites (tertiary alicyclic amines) is 1. The molecule has 20 heavy (non-hydrogen) atoms. The third-order valence-corrected chi connectivity index (χ3v) is 5.13. The number of carbonyl (C=O) groups excluding carboxylic acids is 1. The lowest BCUT2D eigenvalue weighted by Crippen LogP contribution is -2.47. The number of rotatable bonds is 5. The van der Waals surface area contributed by atoms with E-state index in [1.165, 1.54) is 12.8 Å². The topological polar surface area (TPSA) is 46.3 Å². The highest BCUT2D eigenvalue weighted by Gasteiger charge is 2.35. The Balaban J connectivity index is 2.61. The standard InChI is InChI=1S/C17H34N2O/c1-6-17(7-2)8-10-19(11-9-17)15(20)14(13-18)12-16(3,4)5/h14H,6-13,18H2,1-5H3. The Morgan fingerprint density at radius 2 is 1.70 bits per heavy atom.